The molecule has 11 heteroatoms. The van der Waals surface area contributed by atoms with Gasteiger partial charge in [-0.3, -0.25) is 9.69 Å². The SMILES string of the molecule is O=C(c1ccc2nc(C(F)(F)F)[nH]c2c1)N1CCN(C2CCS(=O)(=O)C2)CC1. The van der Waals surface area contributed by atoms with Crippen molar-refractivity contribution in [2.75, 3.05) is 37.7 Å². The predicted molar refractivity (Wildman–Crippen MR) is 95.6 cm³/mol. The average molecular weight is 416 g/mol. The van der Waals surface area contributed by atoms with E-state index in [9.17, 15) is 26.4 Å². The number of halogens is 3. The molecular formula is C17H19F3N4O3S. The number of alkyl halides is 3. The Balaban J connectivity index is 1.44. The molecular weight excluding hydrogens is 397 g/mol. The van der Waals surface area contributed by atoms with Crippen LogP contribution in [0.25, 0.3) is 11.0 Å². The van der Waals surface area contributed by atoms with Gasteiger partial charge in [-0.05, 0) is 24.6 Å². The van der Waals surface area contributed by atoms with Crippen molar-refractivity contribution in [2.45, 2.75) is 18.6 Å². The number of nitrogens with one attached hydrogen (secondary N) is 1. The van der Waals surface area contributed by atoms with Crippen molar-refractivity contribution < 1.29 is 26.4 Å². The number of carbonyl (C=O) groups excluding carboxylic acids is 1. The lowest BCUT2D eigenvalue weighted by Gasteiger charge is -2.37. The molecule has 2 fully saturated rings. The molecule has 0 bridgehead atoms. The lowest BCUT2D eigenvalue weighted by molar-refractivity contribution is -0.144. The molecule has 1 unspecified atom stereocenters. The highest BCUT2D eigenvalue weighted by atomic mass is 32.2. The van der Waals surface area contributed by atoms with E-state index >= 15 is 0 Å². The van der Waals surface area contributed by atoms with Crippen LogP contribution in [0.15, 0.2) is 18.2 Å². The number of aromatic nitrogens is 2. The second-order valence-corrected chi connectivity index (χ2v) is 9.43. The van der Waals surface area contributed by atoms with Crippen LogP contribution in [0.1, 0.15) is 22.6 Å². The van der Waals surface area contributed by atoms with Crippen molar-refractivity contribution in [2.24, 2.45) is 0 Å². The number of carbonyl (C=O) groups is 1. The van der Waals surface area contributed by atoms with Crippen LogP contribution in [-0.4, -0.2) is 77.8 Å². The maximum Gasteiger partial charge on any atom is 0.449 e. The fourth-order valence-corrected chi connectivity index (χ4v) is 5.57. The molecule has 2 aliphatic heterocycles. The minimum atomic E-state index is -4.58. The number of H-pyrrole nitrogens is 1. The molecule has 2 aromatic rings. The van der Waals surface area contributed by atoms with Crippen LogP contribution < -0.4 is 0 Å². The molecule has 28 heavy (non-hydrogen) atoms. The molecule has 1 atom stereocenters. The fourth-order valence-electron chi connectivity index (χ4n) is 3.81. The Morgan fingerprint density at radius 3 is 2.50 bits per heavy atom. The first-order valence-electron chi connectivity index (χ1n) is 8.93. The van der Waals surface area contributed by atoms with Crippen LogP contribution in [0.4, 0.5) is 13.2 Å². The average Bonchev–Trinajstić information content (AvgIpc) is 3.23. The lowest BCUT2D eigenvalue weighted by Crippen LogP contribution is -2.52. The summed E-state index contributed by atoms with van der Waals surface area (Å²) in [6, 6.07) is 4.26. The Morgan fingerprint density at radius 2 is 1.89 bits per heavy atom. The summed E-state index contributed by atoms with van der Waals surface area (Å²) in [5.41, 5.74) is 0.603. The maximum absolute atomic E-state index is 12.8. The van der Waals surface area contributed by atoms with E-state index in [0.717, 1.165) is 0 Å². The van der Waals surface area contributed by atoms with Gasteiger partial charge in [-0.2, -0.15) is 13.2 Å². The van der Waals surface area contributed by atoms with Gasteiger partial charge >= 0.3 is 6.18 Å². The molecule has 1 aromatic carbocycles. The van der Waals surface area contributed by atoms with Crippen molar-refractivity contribution in [3.8, 4) is 0 Å². The monoisotopic (exact) mass is 416 g/mol. The number of nitrogens with zero attached hydrogens (tertiary/aromatic N) is 3. The third-order valence-electron chi connectivity index (χ3n) is 5.32. The van der Waals surface area contributed by atoms with E-state index in [0.29, 0.717) is 38.2 Å². The van der Waals surface area contributed by atoms with Gasteiger partial charge < -0.3 is 9.88 Å². The Labute approximate surface area is 159 Å². The Kier molecular flexibility index (Phi) is 4.61. The molecule has 0 aliphatic carbocycles. The van der Waals surface area contributed by atoms with Crippen molar-refractivity contribution in [1.29, 1.82) is 0 Å². The third-order valence-corrected chi connectivity index (χ3v) is 7.07. The number of hydrogen-bond acceptors (Lipinski definition) is 5. The fraction of sp³-hybridized carbons (Fsp3) is 0.529. The van der Waals surface area contributed by atoms with E-state index in [-0.39, 0.29) is 34.5 Å². The highest BCUT2D eigenvalue weighted by Crippen LogP contribution is 2.29. The van der Waals surface area contributed by atoms with E-state index in [4.69, 9.17) is 0 Å². The maximum atomic E-state index is 12.8. The summed E-state index contributed by atoms with van der Waals surface area (Å²) < 4.78 is 61.6. The van der Waals surface area contributed by atoms with E-state index < -0.39 is 21.8 Å². The summed E-state index contributed by atoms with van der Waals surface area (Å²) in [5.74, 6) is -0.976. The molecule has 0 spiro atoms. The van der Waals surface area contributed by atoms with Crippen LogP contribution in [0.3, 0.4) is 0 Å². The number of hydrogen-bond donors (Lipinski definition) is 1. The van der Waals surface area contributed by atoms with Gasteiger partial charge in [0.25, 0.3) is 5.91 Å². The molecule has 2 aliphatic rings. The number of sulfone groups is 1. The quantitative estimate of drug-likeness (QED) is 0.803. The van der Waals surface area contributed by atoms with Crippen molar-refractivity contribution in [1.82, 2.24) is 19.8 Å². The zero-order valence-electron chi connectivity index (χ0n) is 14.9. The first-order valence-corrected chi connectivity index (χ1v) is 10.8. The number of fused-ring (bicyclic) bond motifs is 1. The normalized spacial score (nSPS) is 23.4. The van der Waals surface area contributed by atoms with Crippen LogP contribution in [0, 0.1) is 0 Å². The van der Waals surface area contributed by atoms with Crippen LogP contribution >= 0.6 is 0 Å². The van der Waals surface area contributed by atoms with Gasteiger partial charge in [-0.25, -0.2) is 13.4 Å². The van der Waals surface area contributed by atoms with Gasteiger partial charge in [0, 0.05) is 37.8 Å². The number of rotatable bonds is 2. The van der Waals surface area contributed by atoms with E-state index in [1.54, 1.807) is 4.90 Å². The number of amides is 1. The molecule has 3 heterocycles. The molecule has 7 nitrogen and oxygen atoms in total. The van der Waals surface area contributed by atoms with Crippen molar-refractivity contribution in [3.05, 3.63) is 29.6 Å². The molecule has 1 N–H and O–H groups in total. The van der Waals surface area contributed by atoms with E-state index in [1.807, 2.05) is 0 Å². The number of piperazine rings is 1. The Morgan fingerprint density at radius 1 is 1.18 bits per heavy atom. The van der Waals surface area contributed by atoms with Gasteiger partial charge in [0.05, 0.1) is 22.5 Å². The number of benzene rings is 1. The highest BCUT2D eigenvalue weighted by Gasteiger charge is 2.36. The smallest absolute Gasteiger partial charge is 0.336 e. The van der Waals surface area contributed by atoms with Crippen LogP contribution in [0.2, 0.25) is 0 Å². The summed E-state index contributed by atoms with van der Waals surface area (Å²) in [7, 11) is -2.96. The van der Waals surface area contributed by atoms with Gasteiger partial charge in [0.1, 0.15) is 0 Å². The summed E-state index contributed by atoms with van der Waals surface area (Å²) in [5, 5.41) is 0. The second-order valence-electron chi connectivity index (χ2n) is 7.20. The first kappa shape index (κ1) is 19.2. The zero-order valence-corrected chi connectivity index (χ0v) is 15.7. The molecule has 4 rings (SSSR count). The lowest BCUT2D eigenvalue weighted by atomic mass is 10.1. The number of imidazole rings is 1. The van der Waals surface area contributed by atoms with Gasteiger partial charge in [0.15, 0.2) is 9.84 Å². The predicted octanol–water partition coefficient (Wildman–Crippen LogP) is 1.53. The molecule has 1 amide bonds. The summed E-state index contributed by atoms with van der Waals surface area (Å²) in [6.07, 6.45) is -3.96. The van der Waals surface area contributed by atoms with Gasteiger partial charge in [-0.1, -0.05) is 0 Å². The topological polar surface area (TPSA) is 86.4 Å². The van der Waals surface area contributed by atoms with Crippen LogP contribution in [0.5, 0.6) is 0 Å². The zero-order chi connectivity index (χ0) is 20.1. The summed E-state index contributed by atoms with van der Waals surface area (Å²) in [6.45, 7) is 2.06. The standard InChI is InChI=1S/C17H19F3N4O3S/c18-17(19,20)16-21-13-2-1-11(9-14(13)22-16)15(25)24-6-4-23(5-7-24)12-3-8-28(26,27)10-12/h1-2,9,12H,3-8,10H2,(H,21,22). The Bertz CT molecular complexity index is 1010. The van der Waals surface area contributed by atoms with Crippen molar-refractivity contribution >= 4 is 26.8 Å². The van der Waals surface area contributed by atoms with Crippen LogP contribution in [-0.2, 0) is 16.0 Å². The molecule has 0 radical (unpaired) electrons. The second kappa shape index (κ2) is 6.73. The third kappa shape index (κ3) is 3.72. The first-order chi connectivity index (χ1) is 13.1. The molecule has 2 saturated heterocycles. The highest BCUT2D eigenvalue weighted by molar-refractivity contribution is 7.91. The summed E-state index contributed by atoms with van der Waals surface area (Å²) in [4.78, 5) is 22.2. The number of aromatic amines is 1. The molecule has 152 valence electrons. The van der Waals surface area contributed by atoms with Crippen molar-refractivity contribution in [3.63, 3.8) is 0 Å². The summed E-state index contributed by atoms with van der Waals surface area (Å²) >= 11 is 0. The van der Waals surface area contributed by atoms with E-state index in [2.05, 4.69) is 14.9 Å². The minimum Gasteiger partial charge on any atom is -0.336 e. The minimum absolute atomic E-state index is 0.00406. The molecule has 1 aromatic heterocycles. The van der Waals surface area contributed by atoms with E-state index in [1.165, 1.54) is 18.2 Å². The Hall–Kier alpha value is -2.14. The van der Waals surface area contributed by atoms with Gasteiger partial charge in [-0.15, -0.1) is 0 Å². The largest absolute Gasteiger partial charge is 0.449 e. The molecule has 0 saturated carbocycles. The van der Waals surface area contributed by atoms with Gasteiger partial charge in [0.2, 0.25) is 5.82 Å².